The van der Waals surface area contributed by atoms with Gasteiger partial charge >= 0.3 is 5.97 Å². The molecule has 6 heteroatoms. The molecule has 1 atom stereocenters. The predicted molar refractivity (Wildman–Crippen MR) is 59.3 cm³/mol. The highest BCUT2D eigenvalue weighted by Crippen LogP contribution is 2.06. The van der Waals surface area contributed by atoms with E-state index in [9.17, 15) is 13.8 Å². The third-order valence-electron chi connectivity index (χ3n) is 1.85. The summed E-state index contributed by atoms with van der Waals surface area (Å²) in [4.78, 5) is 21.1. The molecule has 16 heavy (non-hydrogen) atoms. The molecule has 0 fully saturated rings. The molecule has 0 saturated heterocycles. The number of amides is 1. The van der Waals surface area contributed by atoms with Crippen LogP contribution in [0.25, 0.3) is 0 Å². The zero-order chi connectivity index (χ0) is 12.1. The van der Waals surface area contributed by atoms with E-state index >= 15 is 0 Å². The molecule has 0 saturated carbocycles. The molecule has 0 heterocycles. The summed E-state index contributed by atoms with van der Waals surface area (Å²) >= 11 is 0. The van der Waals surface area contributed by atoms with E-state index in [4.69, 9.17) is 10.8 Å². The number of carboxylic acid groups (broad SMARTS) is 1. The Morgan fingerprint density at radius 1 is 1.25 bits per heavy atom. The minimum atomic E-state index is -1.43. The Balaban J connectivity index is 2.65. The van der Waals surface area contributed by atoms with Crippen LogP contribution in [0, 0.1) is 0 Å². The van der Waals surface area contributed by atoms with Crippen molar-refractivity contribution in [3.63, 3.8) is 0 Å². The van der Waals surface area contributed by atoms with Crippen LogP contribution in [-0.2, 0) is 21.3 Å². The van der Waals surface area contributed by atoms with Crippen molar-refractivity contribution in [3.8, 4) is 0 Å². The second-order valence-corrected chi connectivity index (χ2v) is 4.64. The van der Waals surface area contributed by atoms with Gasteiger partial charge < -0.3 is 10.8 Å². The van der Waals surface area contributed by atoms with Gasteiger partial charge in [0, 0.05) is 22.1 Å². The fourth-order valence-electron chi connectivity index (χ4n) is 1.14. The van der Waals surface area contributed by atoms with Gasteiger partial charge in [-0.2, -0.15) is 0 Å². The summed E-state index contributed by atoms with van der Waals surface area (Å²) in [6.45, 7) is 0. The van der Waals surface area contributed by atoms with E-state index in [0.29, 0.717) is 11.1 Å². The summed E-state index contributed by atoms with van der Waals surface area (Å²) < 4.78 is 11.3. The van der Waals surface area contributed by atoms with Gasteiger partial charge in [-0.25, -0.2) is 0 Å². The Morgan fingerprint density at radius 2 is 1.81 bits per heavy atom. The summed E-state index contributed by atoms with van der Waals surface area (Å²) in [5.74, 6) is -1.84. The van der Waals surface area contributed by atoms with Crippen LogP contribution in [0.1, 0.15) is 15.9 Å². The first-order valence-electron chi connectivity index (χ1n) is 4.44. The van der Waals surface area contributed by atoms with Gasteiger partial charge in [0.2, 0.25) is 5.91 Å². The van der Waals surface area contributed by atoms with Gasteiger partial charge in [0.15, 0.2) is 0 Å². The Labute approximate surface area is 94.7 Å². The summed E-state index contributed by atoms with van der Waals surface area (Å²) in [6.07, 6.45) is 0. The highest BCUT2D eigenvalue weighted by molar-refractivity contribution is 7.84. The fourth-order valence-corrected chi connectivity index (χ4v) is 2.08. The molecule has 0 aliphatic carbocycles. The lowest BCUT2D eigenvalue weighted by molar-refractivity contribution is -0.133. The summed E-state index contributed by atoms with van der Waals surface area (Å²) in [5.41, 5.74) is 6.14. The van der Waals surface area contributed by atoms with E-state index in [0.717, 1.165) is 0 Å². The first kappa shape index (κ1) is 12.4. The highest BCUT2D eigenvalue weighted by atomic mass is 32.2. The number of carbonyl (C=O) groups is 2. The van der Waals surface area contributed by atoms with E-state index in [-0.39, 0.29) is 11.5 Å². The molecule has 5 nitrogen and oxygen atoms in total. The minimum Gasteiger partial charge on any atom is -0.481 e. The third kappa shape index (κ3) is 3.82. The number of benzene rings is 1. The van der Waals surface area contributed by atoms with Crippen molar-refractivity contribution in [1.82, 2.24) is 0 Å². The molecule has 86 valence electrons. The average Bonchev–Trinajstić information content (AvgIpc) is 2.16. The molecule has 0 aliphatic heterocycles. The second kappa shape index (κ2) is 5.41. The molecule has 0 spiro atoms. The van der Waals surface area contributed by atoms with Crippen molar-refractivity contribution < 1.29 is 18.9 Å². The molecule has 1 aromatic rings. The van der Waals surface area contributed by atoms with Crippen LogP contribution < -0.4 is 5.73 Å². The van der Waals surface area contributed by atoms with E-state index in [2.05, 4.69) is 0 Å². The van der Waals surface area contributed by atoms with Crippen LogP contribution >= 0.6 is 0 Å². The molecule has 0 bridgehead atoms. The van der Waals surface area contributed by atoms with Crippen molar-refractivity contribution in [2.75, 3.05) is 5.75 Å². The Kier molecular flexibility index (Phi) is 4.19. The lowest BCUT2D eigenvalue weighted by atomic mass is 10.1. The molecule has 1 rings (SSSR count). The van der Waals surface area contributed by atoms with Crippen LogP contribution in [-0.4, -0.2) is 26.9 Å². The normalized spacial score (nSPS) is 12.0. The van der Waals surface area contributed by atoms with Crippen LogP contribution in [0.15, 0.2) is 24.3 Å². The number of rotatable bonds is 5. The monoisotopic (exact) mass is 241 g/mol. The van der Waals surface area contributed by atoms with Gasteiger partial charge in [0.05, 0.1) is 0 Å². The Morgan fingerprint density at radius 3 is 2.25 bits per heavy atom. The van der Waals surface area contributed by atoms with E-state index in [1.54, 1.807) is 12.1 Å². The minimum absolute atomic E-state index is 0.158. The highest BCUT2D eigenvalue weighted by Gasteiger charge is 2.07. The smallest absolute Gasteiger partial charge is 0.316 e. The molecule has 1 aromatic carbocycles. The van der Waals surface area contributed by atoms with Gasteiger partial charge in [-0.1, -0.05) is 12.1 Å². The maximum Gasteiger partial charge on any atom is 0.316 e. The molecule has 0 aromatic heterocycles. The van der Waals surface area contributed by atoms with Crippen molar-refractivity contribution in [3.05, 3.63) is 35.4 Å². The van der Waals surface area contributed by atoms with Gasteiger partial charge in [-0.15, -0.1) is 0 Å². The first-order valence-corrected chi connectivity index (χ1v) is 5.93. The summed E-state index contributed by atoms with van der Waals surface area (Å²) in [7, 11) is -1.43. The number of primary amides is 1. The number of nitrogens with two attached hydrogens (primary N) is 1. The van der Waals surface area contributed by atoms with Crippen LogP contribution in [0.5, 0.6) is 0 Å². The van der Waals surface area contributed by atoms with Crippen LogP contribution in [0.2, 0.25) is 0 Å². The van der Waals surface area contributed by atoms with Gasteiger partial charge in [0.25, 0.3) is 0 Å². The molecule has 3 N–H and O–H groups in total. The fraction of sp³-hybridized carbons (Fsp3) is 0.200. The van der Waals surface area contributed by atoms with Gasteiger partial charge in [-0.05, 0) is 17.7 Å². The quantitative estimate of drug-likeness (QED) is 0.765. The molecular formula is C10H11NO4S. The number of carboxylic acids is 1. The van der Waals surface area contributed by atoms with E-state index in [1.807, 2.05) is 0 Å². The van der Waals surface area contributed by atoms with Gasteiger partial charge in [-0.3, -0.25) is 13.8 Å². The number of hydrogen-bond donors (Lipinski definition) is 2. The zero-order valence-corrected chi connectivity index (χ0v) is 9.20. The first-order chi connectivity index (χ1) is 7.49. The second-order valence-electron chi connectivity index (χ2n) is 3.18. The van der Waals surface area contributed by atoms with E-state index in [1.165, 1.54) is 12.1 Å². The maximum absolute atomic E-state index is 11.3. The van der Waals surface area contributed by atoms with E-state index < -0.39 is 22.7 Å². The Hall–Kier alpha value is -1.69. The standard InChI is InChI=1S/C10H11NO4S/c11-10(14)8-3-1-7(2-4-8)5-16(15)6-9(12)13/h1-4H,5-6H2,(H2,11,14)(H,12,13). The SMILES string of the molecule is NC(=O)c1ccc(CS(=O)CC(=O)O)cc1. The molecule has 1 amide bonds. The van der Waals surface area contributed by atoms with Crippen molar-refractivity contribution in [1.29, 1.82) is 0 Å². The Bertz CT molecular complexity index is 427. The van der Waals surface area contributed by atoms with Crippen LogP contribution in [0.4, 0.5) is 0 Å². The largest absolute Gasteiger partial charge is 0.481 e. The molecule has 0 radical (unpaired) electrons. The molecule has 0 aliphatic rings. The molecule has 1 unspecified atom stereocenters. The van der Waals surface area contributed by atoms with Crippen molar-refractivity contribution >= 4 is 22.7 Å². The molecular weight excluding hydrogens is 230 g/mol. The zero-order valence-electron chi connectivity index (χ0n) is 8.38. The van der Waals surface area contributed by atoms with Crippen molar-refractivity contribution in [2.24, 2.45) is 5.73 Å². The number of carbonyl (C=O) groups excluding carboxylic acids is 1. The predicted octanol–water partition coefficient (Wildman–Crippen LogP) is 0.119. The third-order valence-corrected chi connectivity index (χ3v) is 3.07. The lowest BCUT2D eigenvalue weighted by Crippen LogP contribution is -2.12. The van der Waals surface area contributed by atoms with Crippen molar-refractivity contribution in [2.45, 2.75) is 5.75 Å². The summed E-state index contributed by atoms with van der Waals surface area (Å²) in [6, 6.07) is 6.27. The van der Waals surface area contributed by atoms with Crippen LogP contribution in [0.3, 0.4) is 0 Å². The maximum atomic E-state index is 11.3. The number of hydrogen-bond acceptors (Lipinski definition) is 3. The average molecular weight is 241 g/mol. The topological polar surface area (TPSA) is 97.5 Å². The lowest BCUT2D eigenvalue weighted by Gasteiger charge is -2.01. The number of aliphatic carboxylic acids is 1. The summed E-state index contributed by atoms with van der Waals surface area (Å²) in [5, 5.41) is 8.42. The van der Waals surface area contributed by atoms with Gasteiger partial charge in [0.1, 0.15) is 5.75 Å².